The third-order valence-electron chi connectivity index (χ3n) is 4.16. The fourth-order valence-electron chi connectivity index (χ4n) is 2.84. The van der Waals surface area contributed by atoms with Gasteiger partial charge in [0.2, 0.25) is 0 Å². The number of rotatable bonds is 8. The highest BCUT2D eigenvalue weighted by atomic mass is 16.5. The van der Waals surface area contributed by atoms with Crippen LogP contribution in [0.2, 0.25) is 0 Å². The van der Waals surface area contributed by atoms with E-state index in [-0.39, 0.29) is 5.91 Å². The molecule has 0 saturated heterocycles. The first-order valence-corrected chi connectivity index (χ1v) is 8.87. The van der Waals surface area contributed by atoms with Crippen LogP contribution < -0.4 is 9.47 Å². The summed E-state index contributed by atoms with van der Waals surface area (Å²) in [4.78, 5) is 15.0. The van der Waals surface area contributed by atoms with E-state index in [1.165, 1.54) is 0 Å². The van der Waals surface area contributed by atoms with Gasteiger partial charge in [-0.3, -0.25) is 4.79 Å². The third kappa shape index (κ3) is 4.70. The number of hydrogen-bond acceptors (Lipinski definition) is 4. The van der Waals surface area contributed by atoms with Crippen LogP contribution in [0.3, 0.4) is 0 Å². The predicted octanol–water partition coefficient (Wildman–Crippen LogP) is 4.53. The van der Waals surface area contributed by atoms with Gasteiger partial charge in [0.1, 0.15) is 17.3 Å². The van der Waals surface area contributed by atoms with Crippen LogP contribution >= 0.6 is 0 Å². The maximum Gasteiger partial charge on any atom is 0.258 e. The molecule has 0 N–H and O–H groups in total. The van der Waals surface area contributed by atoms with Crippen molar-refractivity contribution in [2.24, 2.45) is 0 Å². The number of para-hydroxylation sites is 1. The highest BCUT2D eigenvalue weighted by molar-refractivity contribution is 5.96. The van der Waals surface area contributed by atoms with Gasteiger partial charge in [-0.05, 0) is 48.9 Å². The Bertz CT molecular complexity index is 856. The van der Waals surface area contributed by atoms with Gasteiger partial charge in [-0.15, -0.1) is 0 Å². The van der Waals surface area contributed by atoms with Gasteiger partial charge in [-0.1, -0.05) is 24.3 Å². The second-order valence-corrected chi connectivity index (χ2v) is 6.02. The van der Waals surface area contributed by atoms with E-state index < -0.39 is 0 Å². The van der Waals surface area contributed by atoms with Gasteiger partial charge in [-0.25, -0.2) is 0 Å². The van der Waals surface area contributed by atoms with Crippen molar-refractivity contribution in [2.75, 3.05) is 13.7 Å². The number of benzene rings is 2. The van der Waals surface area contributed by atoms with Crippen LogP contribution in [0.4, 0.5) is 0 Å². The lowest BCUT2D eigenvalue weighted by atomic mass is 10.1. The molecule has 3 rings (SSSR count). The Morgan fingerprint density at radius 3 is 2.44 bits per heavy atom. The number of hydrogen-bond donors (Lipinski definition) is 0. The molecule has 0 aliphatic rings. The molecule has 5 heteroatoms. The van der Waals surface area contributed by atoms with Crippen LogP contribution in [0.25, 0.3) is 0 Å². The highest BCUT2D eigenvalue weighted by Crippen LogP contribution is 2.23. The maximum absolute atomic E-state index is 13.3. The summed E-state index contributed by atoms with van der Waals surface area (Å²) in [5, 5.41) is 0. The van der Waals surface area contributed by atoms with E-state index in [4.69, 9.17) is 13.9 Å². The minimum atomic E-state index is -0.105. The fraction of sp³-hybridized carbons (Fsp3) is 0.227. The quantitative estimate of drug-likeness (QED) is 0.588. The van der Waals surface area contributed by atoms with E-state index in [9.17, 15) is 4.79 Å². The first-order chi connectivity index (χ1) is 13.2. The summed E-state index contributed by atoms with van der Waals surface area (Å²) in [6.45, 7) is 3.22. The molecule has 140 valence electrons. The molecule has 0 spiro atoms. The van der Waals surface area contributed by atoms with E-state index in [1.54, 1.807) is 24.3 Å². The number of nitrogens with zero attached hydrogens (tertiary/aromatic N) is 1. The Hall–Kier alpha value is -3.21. The molecule has 0 bridgehead atoms. The van der Waals surface area contributed by atoms with E-state index in [1.807, 2.05) is 61.5 Å². The molecule has 27 heavy (non-hydrogen) atoms. The number of carbonyl (C=O) groups excluding carboxylic acids is 1. The highest BCUT2D eigenvalue weighted by Gasteiger charge is 2.21. The van der Waals surface area contributed by atoms with Crippen molar-refractivity contribution in [1.29, 1.82) is 0 Å². The van der Waals surface area contributed by atoms with Crippen LogP contribution in [0.5, 0.6) is 11.5 Å². The van der Waals surface area contributed by atoms with Gasteiger partial charge in [0.25, 0.3) is 5.91 Å². The molecule has 0 radical (unpaired) electrons. The normalized spacial score (nSPS) is 10.4. The van der Waals surface area contributed by atoms with Crippen LogP contribution in [0.15, 0.2) is 71.3 Å². The molecule has 1 aromatic heterocycles. The lowest BCUT2D eigenvalue weighted by molar-refractivity contribution is 0.0713. The third-order valence-corrected chi connectivity index (χ3v) is 4.16. The Labute approximate surface area is 159 Å². The summed E-state index contributed by atoms with van der Waals surface area (Å²) < 4.78 is 16.3. The summed E-state index contributed by atoms with van der Waals surface area (Å²) in [7, 11) is 1.63. The largest absolute Gasteiger partial charge is 0.497 e. The summed E-state index contributed by atoms with van der Waals surface area (Å²) in [6.07, 6.45) is 1.61. The van der Waals surface area contributed by atoms with Crippen molar-refractivity contribution in [3.63, 3.8) is 0 Å². The van der Waals surface area contributed by atoms with Gasteiger partial charge in [-0.2, -0.15) is 0 Å². The van der Waals surface area contributed by atoms with E-state index in [0.717, 1.165) is 17.1 Å². The topological polar surface area (TPSA) is 51.9 Å². The first kappa shape index (κ1) is 18.6. The summed E-state index contributed by atoms with van der Waals surface area (Å²) in [6, 6.07) is 18.7. The second-order valence-electron chi connectivity index (χ2n) is 6.02. The zero-order valence-corrected chi connectivity index (χ0v) is 15.6. The smallest absolute Gasteiger partial charge is 0.258 e. The number of furan rings is 1. The number of methoxy groups -OCH3 is 1. The Kier molecular flexibility index (Phi) is 6.15. The number of carbonyl (C=O) groups is 1. The number of amides is 1. The molecule has 0 aliphatic heterocycles. The van der Waals surface area contributed by atoms with Crippen LogP contribution in [-0.2, 0) is 13.1 Å². The number of ether oxygens (including phenoxy) is 2. The SMILES string of the molecule is CCOc1ccccc1C(=O)N(Cc1ccc(OC)cc1)Cc1ccco1. The fourth-order valence-corrected chi connectivity index (χ4v) is 2.84. The average molecular weight is 365 g/mol. The summed E-state index contributed by atoms with van der Waals surface area (Å²) in [5.74, 6) is 1.99. The second kappa shape index (κ2) is 8.94. The standard InChI is InChI=1S/C22H23NO4/c1-3-26-21-9-5-4-8-20(21)22(24)23(16-19-7-6-14-27-19)15-17-10-12-18(25-2)13-11-17/h4-14H,3,15-16H2,1-2H3. The molecule has 0 atom stereocenters. The zero-order chi connectivity index (χ0) is 19.1. The lowest BCUT2D eigenvalue weighted by Gasteiger charge is -2.23. The molecule has 0 fully saturated rings. The molecule has 0 unspecified atom stereocenters. The average Bonchev–Trinajstić information content (AvgIpc) is 3.21. The first-order valence-electron chi connectivity index (χ1n) is 8.87. The van der Waals surface area contributed by atoms with E-state index in [0.29, 0.717) is 31.0 Å². The maximum atomic E-state index is 13.3. The van der Waals surface area contributed by atoms with E-state index >= 15 is 0 Å². The predicted molar refractivity (Wildman–Crippen MR) is 103 cm³/mol. The Morgan fingerprint density at radius 2 is 1.78 bits per heavy atom. The van der Waals surface area contributed by atoms with Gasteiger partial charge in [0, 0.05) is 6.54 Å². The van der Waals surface area contributed by atoms with Crippen molar-refractivity contribution >= 4 is 5.91 Å². The Balaban J connectivity index is 1.87. The monoisotopic (exact) mass is 365 g/mol. The van der Waals surface area contributed by atoms with E-state index in [2.05, 4.69) is 0 Å². The molecule has 1 heterocycles. The minimum absolute atomic E-state index is 0.105. The molecule has 2 aromatic carbocycles. The molecule has 0 aliphatic carbocycles. The van der Waals surface area contributed by atoms with Crippen LogP contribution in [0, 0.1) is 0 Å². The van der Waals surface area contributed by atoms with Gasteiger partial charge in [0.15, 0.2) is 0 Å². The minimum Gasteiger partial charge on any atom is -0.497 e. The molecule has 1 amide bonds. The molecule has 3 aromatic rings. The van der Waals surface area contributed by atoms with Crippen molar-refractivity contribution in [3.8, 4) is 11.5 Å². The summed E-state index contributed by atoms with van der Waals surface area (Å²) >= 11 is 0. The van der Waals surface area contributed by atoms with Crippen LogP contribution in [-0.4, -0.2) is 24.5 Å². The molecule has 0 saturated carbocycles. The molecule has 5 nitrogen and oxygen atoms in total. The zero-order valence-electron chi connectivity index (χ0n) is 15.6. The van der Waals surface area contributed by atoms with Crippen molar-refractivity contribution in [2.45, 2.75) is 20.0 Å². The van der Waals surface area contributed by atoms with Crippen molar-refractivity contribution in [1.82, 2.24) is 4.90 Å². The van der Waals surface area contributed by atoms with Crippen molar-refractivity contribution < 1.29 is 18.7 Å². The lowest BCUT2D eigenvalue weighted by Crippen LogP contribution is -2.30. The Morgan fingerprint density at radius 1 is 1.00 bits per heavy atom. The summed E-state index contributed by atoms with van der Waals surface area (Å²) in [5.41, 5.74) is 1.55. The molecular formula is C22H23NO4. The molecular weight excluding hydrogens is 342 g/mol. The van der Waals surface area contributed by atoms with Crippen molar-refractivity contribution in [3.05, 3.63) is 83.8 Å². The van der Waals surface area contributed by atoms with Gasteiger partial charge < -0.3 is 18.8 Å². The van der Waals surface area contributed by atoms with Gasteiger partial charge >= 0.3 is 0 Å². The van der Waals surface area contributed by atoms with Crippen LogP contribution in [0.1, 0.15) is 28.6 Å². The van der Waals surface area contributed by atoms with Gasteiger partial charge in [0.05, 0.1) is 32.1 Å².